The second kappa shape index (κ2) is 2.77. The molecule has 0 aliphatic rings. The molecule has 0 rings (SSSR count). The highest BCUT2D eigenvalue weighted by Crippen LogP contribution is 2.40. The molecule has 0 aliphatic heterocycles. The fourth-order valence-corrected chi connectivity index (χ4v) is 0.919. The van der Waals surface area contributed by atoms with Crippen LogP contribution in [0.5, 0.6) is 0 Å². The van der Waals surface area contributed by atoms with Crippen molar-refractivity contribution in [3.8, 4) is 0 Å². The molecule has 5 N–H and O–H groups in total. The highest BCUT2D eigenvalue weighted by molar-refractivity contribution is 7.52. The standard InChI is InChI=1S/C3H10NO4P/c1-2(4)3(5)9(6,7)8/h2-3,5H,4H2,1H3,(H2,6,7,8)/t2-,3-/m0/s1. The quantitative estimate of drug-likeness (QED) is 0.376. The van der Waals surface area contributed by atoms with Crippen LogP contribution in [0, 0.1) is 0 Å². The van der Waals surface area contributed by atoms with Gasteiger partial charge in [0, 0.05) is 6.04 Å². The molecule has 0 aliphatic carbocycles. The Bertz CT molecular complexity index is 130. The van der Waals surface area contributed by atoms with Crippen molar-refractivity contribution in [2.75, 3.05) is 0 Å². The topological polar surface area (TPSA) is 104 Å². The Morgan fingerprint density at radius 1 is 1.56 bits per heavy atom. The van der Waals surface area contributed by atoms with Gasteiger partial charge >= 0.3 is 7.60 Å². The van der Waals surface area contributed by atoms with E-state index in [0.717, 1.165) is 0 Å². The molecule has 0 saturated carbocycles. The van der Waals surface area contributed by atoms with Crippen LogP contribution >= 0.6 is 7.60 Å². The summed E-state index contributed by atoms with van der Waals surface area (Å²) in [5.74, 6) is -1.74. The zero-order valence-electron chi connectivity index (χ0n) is 4.93. The number of rotatable bonds is 2. The van der Waals surface area contributed by atoms with E-state index in [2.05, 4.69) is 0 Å². The first-order chi connectivity index (χ1) is 3.85. The molecule has 0 aromatic heterocycles. The number of hydrogen-bond acceptors (Lipinski definition) is 3. The highest BCUT2D eigenvalue weighted by atomic mass is 31.2. The van der Waals surface area contributed by atoms with Gasteiger partial charge in [0.25, 0.3) is 0 Å². The number of hydrogen-bond donors (Lipinski definition) is 4. The van der Waals surface area contributed by atoms with Crippen LogP contribution in [0.3, 0.4) is 0 Å². The van der Waals surface area contributed by atoms with E-state index in [0.29, 0.717) is 0 Å². The van der Waals surface area contributed by atoms with Crippen LogP contribution in [0.4, 0.5) is 0 Å². The van der Waals surface area contributed by atoms with Gasteiger partial charge in [0.15, 0.2) is 5.85 Å². The van der Waals surface area contributed by atoms with Crippen LogP contribution in [-0.2, 0) is 4.57 Å². The molecular weight excluding hydrogens is 145 g/mol. The molecule has 56 valence electrons. The van der Waals surface area contributed by atoms with E-state index in [4.69, 9.17) is 20.6 Å². The molecule has 0 fully saturated rings. The van der Waals surface area contributed by atoms with Crippen molar-refractivity contribution in [2.45, 2.75) is 18.8 Å². The fourth-order valence-electron chi connectivity index (χ4n) is 0.306. The summed E-state index contributed by atoms with van der Waals surface area (Å²) < 4.78 is 10.1. The molecule has 0 bridgehead atoms. The Balaban J connectivity index is 4.05. The zero-order valence-corrected chi connectivity index (χ0v) is 5.82. The van der Waals surface area contributed by atoms with Crippen molar-refractivity contribution in [1.29, 1.82) is 0 Å². The summed E-state index contributed by atoms with van der Waals surface area (Å²) in [4.78, 5) is 16.5. The normalized spacial score (nSPS) is 19.2. The first-order valence-corrected chi connectivity index (χ1v) is 4.02. The van der Waals surface area contributed by atoms with Gasteiger partial charge in [-0.1, -0.05) is 0 Å². The van der Waals surface area contributed by atoms with Crippen LogP contribution in [0.2, 0.25) is 0 Å². The summed E-state index contributed by atoms with van der Waals surface area (Å²) in [6.45, 7) is 1.32. The van der Waals surface area contributed by atoms with Crippen molar-refractivity contribution in [3.63, 3.8) is 0 Å². The van der Waals surface area contributed by atoms with Crippen molar-refractivity contribution in [2.24, 2.45) is 5.73 Å². The average Bonchev–Trinajstić information content (AvgIpc) is 1.62. The maximum absolute atomic E-state index is 10.1. The molecule has 0 unspecified atom stereocenters. The first-order valence-electron chi connectivity index (χ1n) is 2.34. The molecule has 9 heavy (non-hydrogen) atoms. The summed E-state index contributed by atoms with van der Waals surface area (Å²) in [5, 5.41) is 8.57. The lowest BCUT2D eigenvalue weighted by Gasteiger charge is -2.14. The zero-order chi connectivity index (χ0) is 7.65. The summed E-state index contributed by atoms with van der Waals surface area (Å²) in [6, 6.07) is -0.897. The average molecular weight is 155 g/mol. The lowest BCUT2D eigenvalue weighted by atomic mass is 10.4. The molecule has 6 heteroatoms. The molecule has 0 amide bonds. The van der Waals surface area contributed by atoms with Gasteiger partial charge in [0.05, 0.1) is 0 Å². The second-order valence-electron chi connectivity index (χ2n) is 1.86. The van der Waals surface area contributed by atoms with Crippen LogP contribution in [0.1, 0.15) is 6.92 Å². The van der Waals surface area contributed by atoms with E-state index in [9.17, 15) is 4.57 Å². The lowest BCUT2D eigenvalue weighted by Crippen LogP contribution is -2.30. The van der Waals surface area contributed by atoms with E-state index in [1.165, 1.54) is 6.92 Å². The van der Waals surface area contributed by atoms with Crippen molar-refractivity contribution in [3.05, 3.63) is 0 Å². The van der Waals surface area contributed by atoms with Gasteiger partial charge in [-0.15, -0.1) is 0 Å². The fraction of sp³-hybridized carbons (Fsp3) is 1.00. The third-order valence-corrected chi connectivity index (χ3v) is 1.97. The van der Waals surface area contributed by atoms with Gasteiger partial charge in [0.2, 0.25) is 0 Å². The maximum Gasteiger partial charge on any atom is 0.355 e. The van der Waals surface area contributed by atoms with E-state index >= 15 is 0 Å². The van der Waals surface area contributed by atoms with Gasteiger partial charge in [-0.3, -0.25) is 4.57 Å². The molecule has 0 aromatic rings. The Hall–Kier alpha value is 0.0700. The summed E-state index contributed by atoms with van der Waals surface area (Å²) >= 11 is 0. The van der Waals surface area contributed by atoms with Gasteiger partial charge in [-0.2, -0.15) is 0 Å². The molecule has 2 atom stereocenters. The Morgan fingerprint density at radius 2 is 1.89 bits per heavy atom. The van der Waals surface area contributed by atoms with Gasteiger partial charge in [0.1, 0.15) is 0 Å². The lowest BCUT2D eigenvalue weighted by molar-refractivity contribution is 0.182. The van der Waals surface area contributed by atoms with E-state index in [-0.39, 0.29) is 0 Å². The van der Waals surface area contributed by atoms with Crippen LogP contribution in [0.25, 0.3) is 0 Å². The van der Waals surface area contributed by atoms with Crippen LogP contribution < -0.4 is 5.73 Å². The predicted molar refractivity (Wildman–Crippen MR) is 31.7 cm³/mol. The molecule has 0 heterocycles. The van der Waals surface area contributed by atoms with Gasteiger partial charge in [-0.05, 0) is 6.92 Å². The van der Waals surface area contributed by atoms with Crippen molar-refractivity contribution in [1.82, 2.24) is 0 Å². The molecule has 0 aromatic carbocycles. The third-order valence-electron chi connectivity index (χ3n) is 0.815. The largest absolute Gasteiger partial charge is 0.379 e. The number of nitrogens with two attached hydrogens (primary N) is 1. The number of aliphatic hydroxyl groups excluding tert-OH is 1. The van der Waals surface area contributed by atoms with Crippen molar-refractivity contribution >= 4 is 7.60 Å². The molecule has 0 radical (unpaired) electrons. The van der Waals surface area contributed by atoms with Gasteiger partial charge < -0.3 is 20.6 Å². The second-order valence-corrected chi connectivity index (χ2v) is 3.57. The molecule has 0 spiro atoms. The van der Waals surface area contributed by atoms with Crippen LogP contribution in [-0.4, -0.2) is 26.8 Å². The number of aliphatic hydroxyl groups is 1. The van der Waals surface area contributed by atoms with Crippen molar-refractivity contribution < 1.29 is 19.5 Å². The minimum absolute atomic E-state index is 0.897. The predicted octanol–water partition coefficient (Wildman–Crippen LogP) is -1.17. The SMILES string of the molecule is C[C@H](N)[C@@H](O)P(=O)(O)O. The smallest absolute Gasteiger partial charge is 0.355 e. The Labute approximate surface area is 52.7 Å². The molecule has 0 saturated heterocycles. The Morgan fingerprint density at radius 3 is 1.89 bits per heavy atom. The molecule has 5 nitrogen and oxygen atoms in total. The van der Waals surface area contributed by atoms with Crippen LogP contribution in [0.15, 0.2) is 0 Å². The van der Waals surface area contributed by atoms with E-state index < -0.39 is 19.5 Å². The maximum atomic E-state index is 10.1. The highest BCUT2D eigenvalue weighted by Gasteiger charge is 2.29. The Kier molecular flexibility index (Phi) is 2.79. The molecular formula is C3H10NO4P. The summed E-state index contributed by atoms with van der Waals surface area (Å²) in [7, 11) is -4.38. The van der Waals surface area contributed by atoms with E-state index in [1.54, 1.807) is 0 Å². The minimum Gasteiger partial charge on any atom is -0.379 e. The minimum atomic E-state index is -4.38. The van der Waals surface area contributed by atoms with Gasteiger partial charge in [-0.25, -0.2) is 0 Å². The third kappa shape index (κ3) is 2.93. The van der Waals surface area contributed by atoms with E-state index in [1.807, 2.05) is 0 Å². The first kappa shape index (κ1) is 9.07. The summed E-state index contributed by atoms with van der Waals surface area (Å²) in [5.41, 5.74) is 4.98. The summed E-state index contributed by atoms with van der Waals surface area (Å²) in [6.07, 6.45) is 0. The monoisotopic (exact) mass is 155 g/mol.